The highest BCUT2D eigenvalue weighted by Crippen LogP contribution is 2.42. The quantitative estimate of drug-likeness (QED) is 0.179. The van der Waals surface area contributed by atoms with Gasteiger partial charge in [0, 0.05) is 64.6 Å². The van der Waals surface area contributed by atoms with Crippen LogP contribution in [0.25, 0.3) is 5.78 Å². The van der Waals surface area contributed by atoms with Crippen LogP contribution in [0.2, 0.25) is 0 Å². The van der Waals surface area contributed by atoms with Crippen LogP contribution in [0.1, 0.15) is 80.9 Å². The van der Waals surface area contributed by atoms with Crippen molar-refractivity contribution in [3.05, 3.63) is 35.1 Å². The standard InChI is InChI=1S/C30H39F5N8O3/c1-4-23(42(3)36-2)27(45)39-25(17-5-9-29(31,32)10-6-17)22-16-43-28(38-22)40-24(18-7-11-46-12-8-18)21(41-43)14-19-13-20(30(33,34)35)15-37-26(19)44/h4,16-20,25H,2,5-15H2,1,3H3,(H,37,44)(H,39,45)/b23-4-. The second-order valence-electron chi connectivity index (χ2n) is 12.3. The molecule has 0 spiro atoms. The average molecular weight is 655 g/mol. The SMILES string of the molecule is C=NN(C)/C(=C\C)C(=O)NC(c1cn2nc(CC3CC(C(F)(F)F)CNC3=O)c(C3CCOCC3)nc2n1)C1CCC(F)(F)CC1. The lowest BCUT2D eigenvalue weighted by atomic mass is 9.81. The lowest BCUT2D eigenvalue weighted by Gasteiger charge is -2.33. The highest BCUT2D eigenvalue weighted by molar-refractivity contribution is 5.93. The van der Waals surface area contributed by atoms with Crippen molar-refractivity contribution in [1.82, 2.24) is 35.2 Å². The Bertz CT molecular complexity index is 1460. The van der Waals surface area contributed by atoms with Crippen molar-refractivity contribution in [3.8, 4) is 0 Å². The highest BCUT2D eigenvalue weighted by atomic mass is 19.4. The van der Waals surface area contributed by atoms with E-state index in [1.54, 1.807) is 26.2 Å². The third-order valence-electron chi connectivity index (χ3n) is 9.31. The van der Waals surface area contributed by atoms with E-state index < -0.39 is 48.3 Å². The van der Waals surface area contributed by atoms with Crippen LogP contribution in [0.3, 0.4) is 0 Å². The molecule has 0 bridgehead atoms. The Balaban J connectivity index is 1.52. The number of carbonyl (C=O) groups is 2. The Morgan fingerprint density at radius 1 is 1.26 bits per heavy atom. The summed E-state index contributed by atoms with van der Waals surface area (Å²) in [6.07, 6.45) is -0.912. The maximum atomic E-state index is 14.1. The number of likely N-dealkylation sites (N-methyl/N-ethyl adjacent to an activating group) is 1. The number of aromatic nitrogens is 4. The molecule has 4 heterocycles. The molecule has 2 aromatic heterocycles. The first kappa shape index (κ1) is 33.7. The first-order valence-corrected chi connectivity index (χ1v) is 15.5. The molecule has 16 heteroatoms. The number of halogens is 5. The molecule has 1 saturated carbocycles. The molecule has 0 radical (unpaired) electrons. The van der Waals surface area contributed by atoms with Gasteiger partial charge in [0.05, 0.1) is 35.2 Å². The van der Waals surface area contributed by atoms with Gasteiger partial charge in [-0.15, -0.1) is 0 Å². The van der Waals surface area contributed by atoms with E-state index in [9.17, 15) is 31.5 Å². The molecule has 2 aromatic rings. The third-order valence-corrected chi connectivity index (χ3v) is 9.31. The van der Waals surface area contributed by atoms with Crippen molar-refractivity contribution >= 4 is 24.3 Å². The normalized spacial score (nSPS) is 24.0. The lowest BCUT2D eigenvalue weighted by Crippen LogP contribution is -2.47. The van der Waals surface area contributed by atoms with E-state index in [0.29, 0.717) is 43.1 Å². The predicted molar refractivity (Wildman–Crippen MR) is 157 cm³/mol. The fourth-order valence-corrected chi connectivity index (χ4v) is 6.62. The summed E-state index contributed by atoms with van der Waals surface area (Å²) in [7, 11) is 1.56. The molecule has 3 unspecified atom stereocenters. The summed E-state index contributed by atoms with van der Waals surface area (Å²) in [5.74, 6) is -6.67. The van der Waals surface area contributed by atoms with Gasteiger partial charge in [-0.3, -0.25) is 14.6 Å². The summed E-state index contributed by atoms with van der Waals surface area (Å²) < 4.78 is 75.8. The fourth-order valence-electron chi connectivity index (χ4n) is 6.62. The minimum Gasteiger partial charge on any atom is -0.381 e. The second kappa shape index (κ2) is 13.6. The zero-order chi connectivity index (χ0) is 33.2. The number of carbonyl (C=O) groups excluding carboxylic acids is 2. The number of allylic oxidation sites excluding steroid dienone is 1. The highest BCUT2D eigenvalue weighted by Gasteiger charge is 2.45. The number of piperidine rings is 1. The average Bonchev–Trinajstić information content (AvgIpc) is 3.43. The van der Waals surface area contributed by atoms with Crippen molar-refractivity contribution < 1.29 is 36.3 Å². The minimum absolute atomic E-state index is 0.0506. The lowest BCUT2D eigenvalue weighted by molar-refractivity contribution is -0.183. The van der Waals surface area contributed by atoms with E-state index in [-0.39, 0.29) is 61.8 Å². The van der Waals surface area contributed by atoms with Crippen LogP contribution in [0.4, 0.5) is 22.0 Å². The number of nitrogens with zero attached hydrogens (tertiary/aromatic N) is 6. The van der Waals surface area contributed by atoms with Gasteiger partial charge < -0.3 is 15.4 Å². The molecule has 46 heavy (non-hydrogen) atoms. The molecule has 2 N–H and O–H groups in total. The smallest absolute Gasteiger partial charge is 0.381 e. The number of imidazole rings is 1. The van der Waals surface area contributed by atoms with E-state index >= 15 is 0 Å². The maximum Gasteiger partial charge on any atom is 0.393 e. The summed E-state index contributed by atoms with van der Waals surface area (Å²) in [6, 6.07) is -0.771. The van der Waals surface area contributed by atoms with Gasteiger partial charge in [-0.1, -0.05) is 6.08 Å². The van der Waals surface area contributed by atoms with Crippen molar-refractivity contribution in [1.29, 1.82) is 0 Å². The molecule has 1 aliphatic carbocycles. The molecule has 3 fully saturated rings. The van der Waals surface area contributed by atoms with Gasteiger partial charge in [0.15, 0.2) is 0 Å². The van der Waals surface area contributed by atoms with Crippen molar-refractivity contribution in [2.45, 2.75) is 82.3 Å². The Morgan fingerprint density at radius 3 is 2.59 bits per heavy atom. The minimum atomic E-state index is -4.45. The monoisotopic (exact) mass is 654 g/mol. The number of fused-ring (bicyclic) bond motifs is 1. The first-order chi connectivity index (χ1) is 21.8. The summed E-state index contributed by atoms with van der Waals surface area (Å²) in [5, 5.41) is 15.1. The van der Waals surface area contributed by atoms with Gasteiger partial charge >= 0.3 is 6.18 Å². The Kier molecular flexibility index (Phi) is 9.94. The van der Waals surface area contributed by atoms with Gasteiger partial charge in [-0.25, -0.2) is 23.3 Å². The maximum absolute atomic E-state index is 14.1. The zero-order valence-electron chi connectivity index (χ0n) is 25.8. The van der Waals surface area contributed by atoms with Crippen LogP contribution < -0.4 is 10.6 Å². The summed E-state index contributed by atoms with van der Waals surface area (Å²) in [6.45, 7) is 5.59. The molecule has 3 aliphatic rings. The number of hydrazone groups is 1. The number of ether oxygens (including phenoxy) is 1. The fraction of sp³-hybridized carbons (Fsp3) is 0.667. The van der Waals surface area contributed by atoms with Crippen LogP contribution >= 0.6 is 0 Å². The number of alkyl halides is 5. The zero-order valence-corrected chi connectivity index (χ0v) is 25.8. The van der Waals surface area contributed by atoms with Crippen LogP contribution in [-0.4, -0.2) is 82.0 Å². The molecule has 2 saturated heterocycles. The molecule has 2 amide bonds. The largest absolute Gasteiger partial charge is 0.393 e. The van der Waals surface area contributed by atoms with Crippen LogP contribution in [-0.2, 0) is 20.7 Å². The number of hydrogen-bond acceptors (Lipinski definition) is 8. The topological polar surface area (TPSA) is 126 Å². The summed E-state index contributed by atoms with van der Waals surface area (Å²) in [5.41, 5.74) is 1.49. The Morgan fingerprint density at radius 2 is 1.96 bits per heavy atom. The molecule has 252 valence electrons. The van der Waals surface area contributed by atoms with Crippen molar-refractivity contribution in [2.24, 2.45) is 22.9 Å². The number of nitrogens with one attached hydrogen (secondary N) is 2. The van der Waals surface area contributed by atoms with E-state index in [1.165, 1.54) is 9.52 Å². The van der Waals surface area contributed by atoms with E-state index in [4.69, 9.17) is 14.8 Å². The van der Waals surface area contributed by atoms with Crippen LogP contribution in [0.5, 0.6) is 0 Å². The summed E-state index contributed by atoms with van der Waals surface area (Å²) >= 11 is 0. The van der Waals surface area contributed by atoms with E-state index in [0.717, 1.165) is 0 Å². The van der Waals surface area contributed by atoms with Crippen molar-refractivity contribution in [3.63, 3.8) is 0 Å². The molecule has 0 aromatic carbocycles. The van der Waals surface area contributed by atoms with Gasteiger partial charge in [0.1, 0.15) is 5.70 Å². The van der Waals surface area contributed by atoms with Crippen molar-refractivity contribution in [2.75, 3.05) is 26.8 Å². The number of hydrogen-bond donors (Lipinski definition) is 2. The van der Waals surface area contributed by atoms with E-state index in [2.05, 4.69) is 27.4 Å². The van der Waals surface area contributed by atoms with Gasteiger partial charge in [-0.2, -0.15) is 23.4 Å². The van der Waals surface area contributed by atoms with Crippen LogP contribution in [0.15, 0.2) is 23.1 Å². The van der Waals surface area contributed by atoms with Gasteiger partial charge in [0.2, 0.25) is 11.8 Å². The van der Waals surface area contributed by atoms with Gasteiger partial charge in [0.25, 0.3) is 11.7 Å². The number of rotatable bonds is 9. The number of amides is 2. The third kappa shape index (κ3) is 7.47. The van der Waals surface area contributed by atoms with Crippen LogP contribution in [0, 0.1) is 17.8 Å². The predicted octanol–water partition coefficient (Wildman–Crippen LogP) is 4.31. The molecular weight excluding hydrogens is 615 g/mol. The Hall–Kier alpha value is -3.69. The molecule has 5 rings (SSSR count). The molecule has 2 aliphatic heterocycles. The van der Waals surface area contributed by atoms with E-state index in [1.807, 2.05) is 0 Å². The second-order valence-corrected chi connectivity index (χ2v) is 12.3. The Labute approximate surface area is 263 Å². The molecular formula is C30H39F5N8O3. The molecule has 11 nitrogen and oxygen atoms in total. The summed E-state index contributed by atoms with van der Waals surface area (Å²) in [4.78, 5) is 35.6. The first-order valence-electron chi connectivity index (χ1n) is 15.5. The molecule has 3 atom stereocenters. The van der Waals surface area contributed by atoms with Gasteiger partial charge in [-0.05, 0) is 44.9 Å².